The van der Waals surface area contributed by atoms with E-state index in [0.717, 1.165) is 37.7 Å². The van der Waals surface area contributed by atoms with Crippen molar-refractivity contribution < 1.29 is 13.2 Å². The molecule has 0 bridgehead atoms. The van der Waals surface area contributed by atoms with Crippen LogP contribution >= 0.6 is 0 Å². The topological polar surface area (TPSA) is 57.7 Å². The standard InChI is InChI=1S/C19H28N2O3S/c22-19(18-9-4-5-10-18)20-12-6-13-21(15-14-20)25(23,24)16-11-17-7-2-1-3-8-17/h1-3,7-8,18H,4-6,9-16H2. The van der Waals surface area contributed by atoms with Crippen molar-refractivity contribution in [3.05, 3.63) is 35.9 Å². The fourth-order valence-electron chi connectivity index (χ4n) is 3.84. The van der Waals surface area contributed by atoms with E-state index in [0.29, 0.717) is 32.6 Å². The third-order valence-electron chi connectivity index (χ3n) is 5.36. The first-order chi connectivity index (χ1) is 12.1. The molecule has 0 spiro atoms. The lowest BCUT2D eigenvalue weighted by Gasteiger charge is -2.24. The Bertz CT molecular complexity index is 669. The molecule has 1 aromatic carbocycles. The lowest BCUT2D eigenvalue weighted by Crippen LogP contribution is -2.40. The molecule has 1 saturated carbocycles. The summed E-state index contributed by atoms with van der Waals surface area (Å²) < 4.78 is 26.9. The SMILES string of the molecule is O=C(C1CCCC1)N1CCCN(S(=O)(=O)CCc2ccccc2)CC1. The number of hydrogen-bond donors (Lipinski definition) is 0. The zero-order chi connectivity index (χ0) is 17.7. The molecule has 138 valence electrons. The van der Waals surface area contributed by atoms with E-state index >= 15 is 0 Å². The zero-order valence-corrected chi connectivity index (χ0v) is 15.6. The maximum Gasteiger partial charge on any atom is 0.225 e. The number of carbonyl (C=O) groups is 1. The van der Waals surface area contributed by atoms with Crippen LogP contribution in [0.1, 0.15) is 37.7 Å². The number of sulfonamides is 1. The van der Waals surface area contributed by atoms with Gasteiger partial charge < -0.3 is 4.90 Å². The monoisotopic (exact) mass is 364 g/mol. The molecule has 25 heavy (non-hydrogen) atoms. The molecule has 1 saturated heterocycles. The van der Waals surface area contributed by atoms with E-state index in [9.17, 15) is 13.2 Å². The Hall–Kier alpha value is -1.40. The zero-order valence-electron chi connectivity index (χ0n) is 14.8. The van der Waals surface area contributed by atoms with E-state index in [2.05, 4.69) is 0 Å². The van der Waals surface area contributed by atoms with E-state index < -0.39 is 10.0 Å². The van der Waals surface area contributed by atoms with Gasteiger partial charge in [0.1, 0.15) is 0 Å². The molecular weight excluding hydrogens is 336 g/mol. The van der Waals surface area contributed by atoms with Crippen molar-refractivity contribution in [2.45, 2.75) is 38.5 Å². The molecule has 3 rings (SSSR count). The fourth-order valence-corrected chi connectivity index (χ4v) is 5.36. The van der Waals surface area contributed by atoms with Crippen LogP contribution in [-0.2, 0) is 21.2 Å². The molecule has 1 aromatic rings. The first-order valence-corrected chi connectivity index (χ1v) is 11.0. The Labute approximate surface area is 151 Å². The Balaban J connectivity index is 1.55. The third-order valence-corrected chi connectivity index (χ3v) is 7.23. The van der Waals surface area contributed by atoms with Gasteiger partial charge >= 0.3 is 0 Å². The number of carbonyl (C=O) groups excluding carboxylic acids is 1. The molecule has 1 amide bonds. The Kier molecular flexibility index (Phi) is 6.12. The minimum atomic E-state index is -3.28. The lowest BCUT2D eigenvalue weighted by atomic mass is 10.1. The minimum absolute atomic E-state index is 0.133. The number of aryl methyl sites for hydroxylation is 1. The highest BCUT2D eigenvalue weighted by Crippen LogP contribution is 2.27. The number of amides is 1. The summed E-state index contributed by atoms with van der Waals surface area (Å²) in [6.45, 7) is 2.15. The third kappa shape index (κ3) is 4.82. The summed E-state index contributed by atoms with van der Waals surface area (Å²) in [6, 6.07) is 9.71. The highest BCUT2D eigenvalue weighted by molar-refractivity contribution is 7.89. The summed E-state index contributed by atoms with van der Waals surface area (Å²) in [5.74, 6) is 0.537. The van der Waals surface area contributed by atoms with Crippen LogP contribution in [0.4, 0.5) is 0 Å². The van der Waals surface area contributed by atoms with Crippen molar-refractivity contribution in [2.75, 3.05) is 31.9 Å². The predicted octanol–water partition coefficient (Wildman–Crippen LogP) is 2.28. The molecule has 0 unspecified atom stereocenters. The van der Waals surface area contributed by atoms with Gasteiger partial charge in [0.25, 0.3) is 0 Å². The summed E-state index contributed by atoms with van der Waals surface area (Å²) in [7, 11) is -3.28. The predicted molar refractivity (Wildman–Crippen MR) is 98.7 cm³/mol. The van der Waals surface area contributed by atoms with Crippen molar-refractivity contribution in [3.63, 3.8) is 0 Å². The first-order valence-electron chi connectivity index (χ1n) is 9.37. The van der Waals surface area contributed by atoms with E-state index in [1.165, 1.54) is 0 Å². The molecule has 2 fully saturated rings. The quantitative estimate of drug-likeness (QED) is 0.805. The number of rotatable bonds is 5. The number of benzene rings is 1. The normalized spacial score (nSPS) is 20.6. The second-order valence-corrected chi connectivity index (χ2v) is 9.20. The van der Waals surface area contributed by atoms with Gasteiger partial charge in [-0.05, 0) is 31.2 Å². The molecule has 0 radical (unpaired) electrons. The average Bonchev–Trinajstić information content (AvgIpc) is 3.04. The van der Waals surface area contributed by atoms with E-state index in [1.807, 2.05) is 35.2 Å². The second kappa shape index (κ2) is 8.32. The van der Waals surface area contributed by atoms with Crippen LogP contribution in [0, 0.1) is 5.92 Å². The van der Waals surface area contributed by atoms with Gasteiger partial charge in [-0.3, -0.25) is 4.79 Å². The van der Waals surface area contributed by atoms with Crippen molar-refractivity contribution in [1.29, 1.82) is 0 Å². The highest BCUT2D eigenvalue weighted by atomic mass is 32.2. The van der Waals surface area contributed by atoms with E-state index in [4.69, 9.17) is 0 Å². The highest BCUT2D eigenvalue weighted by Gasteiger charge is 2.30. The van der Waals surface area contributed by atoms with Crippen LogP contribution in [0.15, 0.2) is 30.3 Å². The molecule has 5 nitrogen and oxygen atoms in total. The maximum atomic E-state index is 12.7. The van der Waals surface area contributed by atoms with Crippen molar-refractivity contribution >= 4 is 15.9 Å². The van der Waals surface area contributed by atoms with Gasteiger partial charge in [-0.1, -0.05) is 43.2 Å². The molecule has 1 aliphatic carbocycles. The summed E-state index contributed by atoms with van der Waals surface area (Å²) >= 11 is 0. The summed E-state index contributed by atoms with van der Waals surface area (Å²) in [5.41, 5.74) is 1.04. The molecule has 1 heterocycles. The summed E-state index contributed by atoms with van der Waals surface area (Å²) in [5, 5.41) is 0. The number of hydrogen-bond acceptors (Lipinski definition) is 3. The Morgan fingerprint density at radius 2 is 1.68 bits per heavy atom. The first kappa shape index (κ1) is 18.4. The molecular formula is C19H28N2O3S. The van der Waals surface area contributed by atoms with Crippen molar-refractivity contribution in [3.8, 4) is 0 Å². The van der Waals surface area contributed by atoms with Gasteiger partial charge in [0.2, 0.25) is 15.9 Å². The van der Waals surface area contributed by atoms with Gasteiger partial charge in [-0.2, -0.15) is 0 Å². The van der Waals surface area contributed by atoms with Gasteiger partial charge in [-0.15, -0.1) is 0 Å². The molecule has 6 heteroatoms. The molecule has 0 aromatic heterocycles. The minimum Gasteiger partial charge on any atom is -0.341 e. The summed E-state index contributed by atoms with van der Waals surface area (Å²) in [6.07, 6.45) is 5.53. The summed E-state index contributed by atoms with van der Waals surface area (Å²) in [4.78, 5) is 14.5. The van der Waals surface area contributed by atoms with Crippen LogP contribution in [0.3, 0.4) is 0 Å². The van der Waals surface area contributed by atoms with Gasteiger partial charge in [0, 0.05) is 32.1 Å². The lowest BCUT2D eigenvalue weighted by molar-refractivity contribution is -0.135. The fraction of sp³-hybridized carbons (Fsp3) is 0.632. The van der Waals surface area contributed by atoms with Crippen molar-refractivity contribution in [2.24, 2.45) is 5.92 Å². The van der Waals surface area contributed by atoms with Gasteiger partial charge in [0.15, 0.2) is 0 Å². The molecule has 0 N–H and O–H groups in total. The van der Waals surface area contributed by atoms with Crippen LogP contribution in [0.2, 0.25) is 0 Å². The van der Waals surface area contributed by atoms with E-state index in [1.54, 1.807) is 4.31 Å². The number of nitrogens with zero attached hydrogens (tertiary/aromatic N) is 2. The van der Waals surface area contributed by atoms with E-state index in [-0.39, 0.29) is 17.6 Å². The molecule has 0 atom stereocenters. The van der Waals surface area contributed by atoms with Gasteiger partial charge in [-0.25, -0.2) is 12.7 Å². The Morgan fingerprint density at radius 1 is 0.960 bits per heavy atom. The molecule has 1 aliphatic heterocycles. The largest absolute Gasteiger partial charge is 0.341 e. The van der Waals surface area contributed by atoms with Crippen LogP contribution in [0.25, 0.3) is 0 Å². The van der Waals surface area contributed by atoms with Gasteiger partial charge in [0.05, 0.1) is 5.75 Å². The maximum absolute atomic E-state index is 12.7. The van der Waals surface area contributed by atoms with Crippen LogP contribution < -0.4 is 0 Å². The van der Waals surface area contributed by atoms with Crippen molar-refractivity contribution in [1.82, 2.24) is 9.21 Å². The smallest absolute Gasteiger partial charge is 0.225 e. The Morgan fingerprint density at radius 3 is 2.40 bits per heavy atom. The van der Waals surface area contributed by atoms with Crippen LogP contribution in [-0.4, -0.2) is 55.5 Å². The molecule has 2 aliphatic rings. The second-order valence-electron chi connectivity index (χ2n) is 7.11. The average molecular weight is 365 g/mol. The van der Waals surface area contributed by atoms with Crippen LogP contribution in [0.5, 0.6) is 0 Å².